The average Bonchev–Trinajstić information content (AvgIpc) is 2.10. The minimum Gasteiger partial charge on any atom is -0.233 e. The second-order valence-electron chi connectivity index (χ2n) is 1.30. The highest BCUT2D eigenvalue weighted by molar-refractivity contribution is 4.63. The molecule has 0 aromatic rings. The Morgan fingerprint density at radius 3 is 2.69 bits per heavy atom. The summed E-state index contributed by atoms with van der Waals surface area (Å²) >= 11 is 0. The monoisotopic (exact) mass is 187 g/mol. The fraction of sp³-hybridized carbons (Fsp3) is 0. The van der Waals surface area contributed by atoms with Crippen LogP contribution in [0, 0.1) is 26.5 Å². The second-order valence-corrected chi connectivity index (χ2v) is 1.30. The first kappa shape index (κ1) is 10.2. The maximum absolute atomic E-state index is 9.85. The van der Waals surface area contributed by atoms with Crippen LogP contribution in [-0.2, 0) is 0 Å². The van der Waals surface area contributed by atoms with Crippen LogP contribution in [0.25, 0.3) is 10.4 Å². The first-order valence-corrected chi connectivity index (χ1v) is 2.44. The largest absolute Gasteiger partial charge is 0.325 e. The van der Waals surface area contributed by atoms with Crippen molar-refractivity contribution in [2.75, 3.05) is 0 Å². The second kappa shape index (κ2) is 4.93. The van der Waals surface area contributed by atoms with Crippen LogP contribution < -0.4 is 5.53 Å². The van der Waals surface area contributed by atoms with Crippen LogP contribution in [0.3, 0.4) is 0 Å². The van der Waals surface area contributed by atoms with E-state index >= 15 is 0 Å². The lowest BCUT2D eigenvalue weighted by Crippen LogP contribution is -2.44. The van der Waals surface area contributed by atoms with Crippen molar-refractivity contribution in [3.63, 3.8) is 0 Å². The lowest BCUT2D eigenvalue weighted by molar-refractivity contribution is -0.590. The third-order valence-corrected chi connectivity index (χ3v) is 0.642. The summed E-state index contributed by atoms with van der Waals surface area (Å²) in [6, 6.07) is 0. The number of rotatable bonds is 5. The minimum absolute atomic E-state index is 0.0597. The van der Waals surface area contributed by atoms with Crippen LogP contribution in [-0.4, -0.2) is 15.4 Å². The van der Waals surface area contributed by atoms with Crippen molar-refractivity contribution in [2.45, 2.75) is 0 Å². The molecule has 12 heteroatoms. The van der Waals surface area contributed by atoms with Gasteiger partial charge >= 0.3 is 6.19 Å². The summed E-state index contributed by atoms with van der Waals surface area (Å²) in [5.41, 5.74) is 9.02. The summed E-state index contributed by atoms with van der Waals surface area (Å²) in [5, 5.41) is 21.1. The number of nitrogens with zero attached hydrogens (tertiary/aromatic N) is 8. The number of nitrogens with one attached hydrogen (secondary N) is 1. The number of hydrazine groups is 3. The van der Waals surface area contributed by atoms with Gasteiger partial charge in [-0.25, -0.2) is 10.1 Å². The molecular weight excluding hydrogens is 186 g/mol. The molecule has 0 amide bonds. The van der Waals surface area contributed by atoms with Gasteiger partial charge < -0.3 is 0 Å². The summed E-state index contributed by atoms with van der Waals surface area (Å²) in [4.78, 5) is 21.7. The zero-order valence-corrected chi connectivity index (χ0v) is 5.80. The van der Waals surface area contributed by atoms with Crippen LogP contribution in [0.4, 0.5) is 0 Å². The summed E-state index contributed by atoms with van der Waals surface area (Å²) in [6.07, 6.45) is 1.14. The molecular formula is CHN9O3. The van der Waals surface area contributed by atoms with E-state index in [9.17, 15) is 15.0 Å². The molecule has 0 bridgehead atoms. The minimum atomic E-state index is -1.17. The van der Waals surface area contributed by atoms with E-state index in [1.54, 1.807) is 0 Å². The third-order valence-electron chi connectivity index (χ3n) is 0.642. The molecule has 68 valence electrons. The van der Waals surface area contributed by atoms with E-state index in [1.807, 2.05) is 5.29 Å². The van der Waals surface area contributed by atoms with Crippen molar-refractivity contribution in [1.82, 2.24) is 15.9 Å². The van der Waals surface area contributed by atoms with Crippen molar-refractivity contribution in [2.24, 2.45) is 10.5 Å². The van der Waals surface area contributed by atoms with Crippen LogP contribution in [0.5, 0.6) is 0 Å². The Kier molecular flexibility index (Phi) is 3.87. The molecule has 1 N–H and O–H groups in total. The average molecular weight is 187 g/mol. The van der Waals surface area contributed by atoms with Gasteiger partial charge in [0.15, 0.2) is 5.03 Å². The lowest BCUT2D eigenvalue weighted by Gasteiger charge is -2.07. The number of nitriles is 1. The van der Waals surface area contributed by atoms with Crippen LogP contribution in [0.15, 0.2) is 10.5 Å². The van der Waals surface area contributed by atoms with Gasteiger partial charge in [-0.2, -0.15) is 4.91 Å². The Bertz CT molecular complexity index is 284. The molecule has 0 rings (SSSR count). The molecule has 0 aliphatic carbocycles. The first-order valence-electron chi connectivity index (χ1n) is 2.44. The molecule has 0 saturated carbocycles. The fourth-order valence-electron chi connectivity index (χ4n) is 0.306. The van der Waals surface area contributed by atoms with Gasteiger partial charge in [-0.15, -0.1) is 15.7 Å². The molecule has 0 aromatic carbocycles. The smallest absolute Gasteiger partial charge is 0.233 e. The number of hydrogen-bond donors (Lipinski definition) is 1. The van der Waals surface area contributed by atoms with Crippen molar-refractivity contribution >= 4 is 0 Å². The Hall–Kier alpha value is -2.80. The van der Waals surface area contributed by atoms with Crippen molar-refractivity contribution < 1.29 is 5.03 Å². The third kappa shape index (κ3) is 3.20. The molecule has 0 aliphatic rings. The molecule has 0 unspecified atom stereocenters. The van der Waals surface area contributed by atoms with Gasteiger partial charge in [-0.3, -0.25) is 0 Å². The van der Waals surface area contributed by atoms with E-state index in [0.29, 0.717) is 0 Å². The zero-order valence-electron chi connectivity index (χ0n) is 5.80. The molecule has 0 spiro atoms. The highest BCUT2D eigenvalue weighted by Crippen LogP contribution is 1.93. The quantitative estimate of drug-likeness (QED) is 0.0892. The summed E-state index contributed by atoms with van der Waals surface area (Å²) < 4.78 is 0. The summed E-state index contributed by atoms with van der Waals surface area (Å²) in [7, 11) is 0. The van der Waals surface area contributed by atoms with E-state index in [1.165, 1.54) is 5.53 Å². The van der Waals surface area contributed by atoms with E-state index in [-0.39, 0.29) is 10.3 Å². The lowest BCUT2D eigenvalue weighted by atomic mass is 11.3. The Morgan fingerprint density at radius 2 is 2.38 bits per heavy atom. The highest BCUT2D eigenvalue weighted by Gasteiger charge is 2.21. The summed E-state index contributed by atoms with van der Waals surface area (Å²) in [6.45, 7) is 0. The Morgan fingerprint density at radius 1 is 1.77 bits per heavy atom. The number of nitro groups is 1. The molecule has 13 heavy (non-hydrogen) atoms. The standard InChI is InChI=1S/CHN9O3/c2-1-8(5-4-3)9(7-11)6-10(12)13/h6H. The van der Waals surface area contributed by atoms with Gasteiger partial charge in [0.1, 0.15) is 5.29 Å². The van der Waals surface area contributed by atoms with E-state index < -0.39 is 5.03 Å². The van der Waals surface area contributed by atoms with Crippen LogP contribution in [0.1, 0.15) is 0 Å². The van der Waals surface area contributed by atoms with Gasteiger partial charge in [0.2, 0.25) is 0 Å². The van der Waals surface area contributed by atoms with Crippen LogP contribution in [0.2, 0.25) is 0 Å². The number of hydrogen-bond acceptors (Lipinski definition) is 6. The van der Waals surface area contributed by atoms with E-state index in [4.69, 9.17) is 10.8 Å². The predicted molar refractivity (Wildman–Crippen MR) is 34.4 cm³/mol. The SMILES string of the molecule is N#CN(N=[N+]=[N-])N(N=O)N[N+](=O)[O-]. The molecule has 0 heterocycles. The first-order chi connectivity index (χ1) is 6.15. The normalized spacial score (nSPS) is 7.31. The maximum atomic E-state index is 9.85. The van der Waals surface area contributed by atoms with E-state index in [2.05, 4.69) is 10.1 Å². The Balaban J connectivity index is 4.53. The molecule has 0 fully saturated rings. The zero-order chi connectivity index (χ0) is 10.3. The topological polar surface area (TPSA) is 164 Å². The fourth-order valence-corrected chi connectivity index (χ4v) is 0.306. The van der Waals surface area contributed by atoms with Crippen molar-refractivity contribution in [1.29, 1.82) is 5.26 Å². The molecule has 0 radical (unpaired) electrons. The van der Waals surface area contributed by atoms with Gasteiger partial charge in [-0.1, -0.05) is 0 Å². The van der Waals surface area contributed by atoms with Gasteiger partial charge in [0.25, 0.3) is 0 Å². The molecule has 12 nitrogen and oxygen atoms in total. The molecule has 0 saturated heterocycles. The van der Waals surface area contributed by atoms with Gasteiger partial charge in [0, 0.05) is 15.9 Å². The van der Waals surface area contributed by atoms with Crippen LogP contribution >= 0.6 is 0 Å². The molecule has 0 atom stereocenters. The van der Waals surface area contributed by atoms with Gasteiger partial charge in [0.05, 0.1) is 5.23 Å². The summed E-state index contributed by atoms with van der Waals surface area (Å²) in [5.74, 6) is 0. The maximum Gasteiger partial charge on any atom is 0.325 e. The Labute approximate surface area is 69.5 Å². The van der Waals surface area contributed by atoms with Crippen molar-refractivity contribution in [3.05, 3.63) is 25.5 Å². The predicted octanol–water partition coefficient (Wildman–Crippen LogP) is -0.411. The van der Waals surface area contributed by atoms with Gasteiger partial charge in [-0.05, 0) is 0 Å². The highest BCUT2D eigenvalue weighted by atomic mass is 16.7. The molecule has 0 aliphatic heterocycles. The van der Waals surface area contributed by atoms with Crippen molar-refractivity contribution in [3.8, 4) is 6.19 Å². The number of nitroso groups, excluding NO2 is 1. The molecule has 0 aromatic heterocycles. The van der Waals surface area contributed by atoms with E-state index in [0.717, 1.165) is 6.19 Å². The number of azide groups is 1.